The van der Waals surface area contributed by atoms with Crippen LogP contribution in [0.4, 0.5) is 4.39 Å². The van der Waals surface area contributed by atoms with E-state index in [0.29, 0.717) is 5.56 Å². The van der Waals surface area contributed by atoms with E-state index in [2.05, 4.69) is 15.9 Å². The lowest BCUT2D eigenvalue weighted by atomic mass is 9.98. The zero-order chi connectivity index (χ0) is 13.3. The predicted molar refractivity (Wildman–Crippen MR) is 74.1 cm³/mol. The zero-order valence-electron chi connectivity index (χ0n) is 10.2. The third-order valence-corrected chi connectivity index (χ3v) is 3.98. The number of aryl methyl sites for hydroxylation is 2. The van der Waals surface area contributed by atoms with Gasteiger partial charge in [-0.2, -0.15) is 0 Å². The van der Waals surface area contributed by atoms with Gasteiger partial charge in [0.2, 0.25) is 0 Å². The molecule has 2 rings (SSSR count). The van der Waals surface area contributed by atoms with Crippen molar-refractivity contribution >= 4 is 15.9 Å². The molecule has 0 aliphatic heterocycles. The molecule has 0 aliphatic carbocycles. The number of aliphatic hydroxyl groups is 1. The molecular weight excluding hydrogens is 295 g/mol. The van der Waals surface area contributed by atoms with E-state index in [1.807, 2.05) is 32.0 Å². The topological polar surface area (TPSA) is 20.2 Å². The quantitative estimate of drug-likeness (QED) is 0.877. The lowest BCUT2D eigenvalue weighted by Crippen LogP contribution is -2.02. The van der Waals surface area contributed by atoms with E-state index < -0.39 is 6.10 Å². The van der Waals surface area contributed by atoms with E-state index in [0.717, 1.165) is 21.2 Å². The van der Waals surface area contributed by atoms with E-state index in [1.54, 1.807) is 6.07 Å². The van der Waals surface area contributed by atoms with Gasteiger partial charge in [0.1, 0.15) is 11.9 Å². The second kappa shape index (κ2) is 5.21. The van der Waals surface area contributed by atoms with Crippen molar-refractivity contribution in [3.05, 3.63) is 68.9 Å². The molecule has 2 aromatic rings. The fourth-order valence-electron chi connectivity index (χ4n) is 1.98. The summed E-state index contributed by atoms with van der Waals surface area (Å²) in [7, 11) is 0. The molecule has 0 saturated heterocycles. The molecule has 94 valence electrons. The average Bonchev–Trinajstić information content (AvgIpc) is 2.30. The van der Waals surface area contributed by atoms with Crippen LogP contribution in [0.5, 0.6) is 0 Å². The highest BCUT2D eigenvalue weighted by atomic mass is 79.9. The Morgan fingerprint density at radius 2 is 1.89 bits per heavy atom. The van der Waals surface area contributed by atoms with Gasteiger partial charge in [-0.3, -0.25) is 0 Å². The number of benzene rings is 2. The maximum atomic E-state index is 13.4. The van der Waals surface area contributed by atoms with Gasteiger partial charge in [-0.05, 0) is 48.2 Å². The first-order chi connectivity index (χ1) is 8.49. The molecule has 0 bridgehead atoms. The number of halogens is 2. The zero-order valence-corrected chi connectivity index (χ0v) is 11.8. The third-order valence-electron chi connectivity index (χ3n) is 2.90. The Labute approximate surface area is 114 Å². The molecule has 2 aromatic carbocycles. The van der Waals surface area contributed by atoms with Crippen LogP contribution in [-0.2, 0) is 0 Å². The van der Waals surface area contributed by atoms with Crippen LogP contribution in [0.15, 0.2) is 40.9 Å². The molecule has 1 unspecified atom stereocenters. The van der Waals surface area contributed by atoms with Crippen molar-refractivity contribution in [3.63, 3.8) is 0 Å². The van der Waals surface area contributed by atoms with Gasteiger partial charge >= 0.3 is 0 Å². The van der Waals surface area contributed by atoms with Crippen LogP contribution in [0.2, 0.25) is 0 Å². The SMILES string of the molecule is Cc1cc(F)cc(C(O)c2cccc(C)c2Br)c1. The van der Waals surface area contributed by atoms with Crippen molar-refractivity contribution in [3.8, 4) is 0 Å². The van der Waals surface area contributed by atoms with Crippen molar-refractivity contribution in [1.82, 2.24) is 0 Å². The second-order valence-electron chi connectivity index (χ2n) is 4.44. The molecule has 3 heteroatoms. The Balaban J connectivity index is 2.47. The summed E-state index contributed by atoms with van der Waals surface area (Å²) < 4.78 is 14.2. The lowest BCUT2D eigenvalue weighted by molar-refractivity contribution is 0.219. The minimum atomic E-state index is -0.825. The summed E-state index contributed by atoms with van der Waals surface area (Å²) in [6, 6.07) is 10.3. The van der Waals surface area contributed by atoms with Crippen LogP contribution in [-0.4, -0.2) is 5.11 Å². The van der Waals surface area contributed by atoms with Crippen LogP contribution in [0.3, 0.4) is 0 Å². The minimum Gasteiger partial charge on any atom is -0.384 e. The number of rotatable bonds is 2. The van der Waals surface area contributed by atoms with Crippen LogP contribution in [0.1, 0.15) is 28.4 Å². The van der Waals surface area contributed by atoms with E-state index in [4.69, 9.17) is 0 Å². The number of hydrogen-bond acceptors (Lipinski definition) is 1. The highest BCUT2D eigenvalue weighted by Crippen LogP contribution is 2.31. The van der Waals surface area contributed by atoms with Gasteiger partial charge in [-0.25, -0.2) is 4.39 Å². The largest absolute Gasteiger partial charge is 0.384 e. The van der Waals surface area contributed by atoms with Gasteiger partial charge in [-0.15, -0.1) is 0 Å². The molecular formula is C15H14BrFO. The third kappa shape index (κ3) is 2.62. The molecule has 0 radical (unpaired) electrons. The molecule has 0 aliphatic rings. The average molecular weight is 309 g/mol. The molecule has 0 fully saturated rings. The summed E-state index contributed by atoms with van der Waals surface area (Å²) in [5.41, 5.74) is 3.16. The molecule has 0 amide bonds. The Morgan fingerprint density at radius 1 is 1.17 bits per heavy atom. The maximum absolute atomic E-state index is 13.4. The minimum absolute atomic E-state index is 0.326. The Morgan fingerprint density at radius 3 is 2.56 bits per heavy atom. The first-order valence-electron chi connectivity index (χ1n) is 5.69. The van der Waals surface area contributed by atoms with E-state index in [9.17, 15) is 9.50 Å². The first-order valence-corrected chi connectivity index (χ1v) is 6.48. The van der Waals surface area contributed by atoms with Crippen molar-refractivity contribution in [1.29, 1.82) is 0 Å². The summed E-state index contributed by atoms with van der Waals surface area (Å²) in [5.74, 6) is -0.326. The highest BCUT2D eigenvalue weighted by molar-refractivity contribution is 9.10. The van der Waals surface area contributed by atoms with Gasteiger partial charge in [0.25, 0.3) is 0 Å². The summed E-state index contributed by atoms with van der Waals surface area (Å²) in [6.45, 7) is 3.77. The molecule has 1 nitrogen and oxygen atoms in total. The van der Waals surface area contributed by atoms with Crippen molar-refractivity contribution in [2.24, 2.45) is 0 Å². The molecule has 0 heterocycles. The standard InChI is InChI=1S/C15H14BrFO/c1-9-6-11(8-12(17)7-9)15(18)13-5-3-4-10(2)14(13)16/h3-8,15,18H,1-2H3. The van der Waals surface area contributed by atoms with Crippen molar-refractivity contribution in [2.45, 2.75) is 20.0 Å². The van der Waals surface area contributed by atoms with Crippen LogP contribution < -0.4 is 0 Å². The predicted octanol–water partition coefficient (Wildman–Crippen LogP) is 4.29. The molecule has 0 aromatic heterocycles. The van der Waals surface area contributed by atoms with Crippen LogP contribution in [0, 0.1) is 19.7 Å². The Kier molecular flexibility index (Phi) is 3.83. The molecule has 0 spiro atoms. The van der Waals surface area contributed by atoms with Gasteiger partial charge in [-0.1, -0.05) is 40.2 Å². The maximum Gasteiger partial charge on any atom is 0.123 e. The van der Waals surface area contributed by atoms with E-state index >= 15 is 0 Å². The molecule has 1 atom stereocenters. The molecule has 1 N–H and O–H groups in total. The van der Waals surface area contributed by atoms with Crippen LogP contribution >= 0.6 is 15.9 Å². The monoisotopic (exact) mass is 308 g/mol. The smallest absolute Gasteiger partial charge is 0.123 e. The normalized spacial score (nSPS) is 12.5. The summed E-state index contributed by atoms with van der Waals surface area (Å²) >= 11 is 3.46. The van der Waals surface area contributed by atoms with Gasteiger partial charge in [0, 0.05) is 4.47 Å². The lowest BCUT2D eigenvalue weighted by Gasteiger charge is -2.15. The molecule has 0 saturated carbocycles. The molecule has 18 heavy (non-hydrogen) atoms. The first kappa shape index (κ1) is 13.2. The fraction of sp³-hybridized carbons (Fsp3) is 0.200. The number of hydrogen-bond donors (Lipinski definition) is 1. The van der Waals surface area contributed by atoms with E-state index in [1.165, 1.54) is 12.1 Å². The summed E-state index contributed by atoms with van der Waals surface area (Å²) in [5, 5.41) is 10.3. The highest BCUT2D eigenvalue weighted by Gasteiger charge is 2.15. The summed E-state index contributed by atoms with van der Waals surface area (Å²) in [6.07, 6.45) is -0.825. The van der Waals surface area contributed by atoms with Crippen molar-refractivity contribution in [2.75, 3.05) is 0 Å². The van der Waals surface area contributed by atoms with Crippen LogP contribution in [0.25, 0.3) is 0 Å². The van der Waals surface area contributed by atoms with Gasteiger partial charge in [0.15, 0.2) is 0 Å². The van der Waals surface area contributed by atoms with E-state index in [-0.39, 0.29) is 5.82 Å². The summed E-state index contributed by atoms with van der Waals surface area (Å²) in [4.78, 5) is 0. The Bertz CT molecular complexity index is 560. The van der Waals surface area contributed by atoms with Crippen molar-refractivity contribution < 1.29 is 9.50 Å². The fourth-order valence-corrected chi connectivity index (χ4v) is 2.46. The second-order valence-corrected chi connectivity index (χ2v) is 5.24. The Hall–Kier alpha value is -1.19. The van der Waals surface area contributed by atoms with Gasteiger partial charge < -0.3 is 5.11 Å². The number of aliphatic hydroxyl groups excluding tert-OH is 1. The van der Waals surface area contributed by atoms with Gasteiger partial charge in [0.05, 0.1) is 0 Å².